The van der Waals surface area contributed by atoms with Gasteiger partial charge < -0.3 is 4.74 Å². The first kappa shape index (κ1) is 10.9. The number of ether oxygens (including phenoxy) is 1. The number of carbonyl (C=O) groups excluding carboxylic acids is 3. The van der Waals surface area contributed by atoms with E-state index in [9.17, 15) is 14.4 Å². The summed E-state index contributed by atoms with van der Waals surface area (Å²) in [5.74, 6) is -0.958. The Hall–Kier alpha value is -1.19. The molecule has 0 bridgehead atoms. The van der Waals surface area contributed by atoms with E-state index in [1.165, 1.54) is 0 Å². The second-order valence-corrected chi connectivity index (χ2v) is 5.50. The summed E-state index contributed by atoms with van der Waals surface area (Å²) >= 11 is 0. The monoisotopic (exact) mass is 236 g/mol. The van der Waals surface area contributed by atoms with Crippen LogP contribution in [0.1, 0.15) is 26.2 Å². The topological polar surface area (TPSA) is 60.4 Å². The van der Waals surface area contributed by atoms with Crippen molar-refractivity contribution in [2.75, 3.05) is 6.61 Å². The molecule has 3 rings (SSSR count). The third-order valence-corrected chi connectivity index (χ3v) is 4.80. The summed E-state index contributed by atoms with van der Waals surface area (Å²) in [6.45, 7) is 2.41. The van der Waals surface area contributed by atoms with Crippen molar-refractivity contribution in [1.82, 2.24) is 0 Å². The van der Waals surface area contributed by atoms with Crippen LogP contribution < -0.4 is 0 Å². The van der Waals surface area contributed by atoms with Crippen molar-refractivity contribution in [2.45, 2.75) is 26.2 Å². The number of fused-ring (bicyclic) bond motifs is 2. The van der Waals surface area contributed by atoms with E-state index in [1.807, 2.05) is 6.92 Å². The van der Waals surface area contributed by atoms with Crippen LogP contribution >= 0.6 is 0 Å². The van der Waals surface area contributed by atoms with Gasteiger partial charge in [0, 0.05) is 18.3 Å². The van der Waals surface area contributed by atoms with Crippen LogP contribution in [0.4, 0.5) is 0 Å². The number of rotatable bonds is 0. The van der Waals surface area contributed by atoms with E-state index in [-0.39, 0.29) is 41.2 Å². The smallest absolute Gasteiger partial charge is 0.316 e. The van der Waals surface area contributed by atoms with Gasteiger partial charge in [0.05, 0.1) is 6.61 Å². The second-order valence-electron chi connectivity index (χ2n) is 5.50. The van der Waals surface area contributed by atoms with Crippen LogP contribution in [0.5, 0.6) is 0 Å². The quantitative estimate of drug-likeness (QED) is 0.464. The van der Waals surface area contributed by atoms with Crippen LogP contribution in [-0.4, -0.2) is 24.1 Å². The summed E-state index contributed by atoms with van der Waals surface area (Å²) < 4.78 is 5.00. The van der Waals surface area contributed by atoms with Crippen LogP contribution in [0.3, 0.4) is 0 Å². The van der Waals surface area contributed by atoms with Crippen LogP contribution in [0.2, 0.25) is 0 Å². The molecule has 5 unspecified atom stereocenters. The van der Waals surface area contributed by atoms with Gasteiger partial charge in [-0.05, 0) is 24.7 Å². The Morgan fingerprint density at radius 3 is 2.71 bits per heavy atom. The van der Waals surface area contributed by atoms with Gasteiger partial charge in [-0.25, -0.2) is 0 Å². The van der Waals surface area contributed by atoms with Gasteiger partial charge in [0.2, 0.25) is 0 Å². The Morgan fingerprint density at radius 2 is 1.94 bits per heavy atom. The summed E-state index contributed by atoms with van der Waals surface area (Å²) in [7, 11) is 0. The average molecular weight is 236 g/mol. The maximum atomic E-state index is 12.3. The molecule has 3 fully saturated rings. The lowest BCUT2D eigenvalue weighted by molar-refractivity contribution is -0.169. The molecule has 1 aliphatic heterocycles. The molecule has 92 valence electrons. The van der Waals surface area contributed by atoms with E-state index >= 15 is 0 Å². The number of hydrogen-bond acceptors (Lipinski definition) is 4. The van der Waals surface area contributed by atoms with Crippen molar-refractivity contribution in [2.24, 2.45) is 29.6 Å². The molecule has 0 N–H and O–H groups in total. The van der Waals surface area contributed by atoms with E-state index in [4.69, 9.17) is 4.74 Å². The summed E-state index contributed by atoms with van der Waals surface area (Å²) in [5, 5.41) is 0. The SMILES string of the molecule is CC1C2CCOC(=O)C2C(=O)C2CCC(=O)C21. The standard InChI is InChI=1S/C13H16O4/c1-6-7-4-5-17-13(16)11(7)12(15)8-2-3-9(14)10(6)8/h6-8,10-11H,2-5H2,1H3. The molecule has 1 saturated heterocycles. The summed E-state index contributed by atoms with van der Waals surface area (Å²) in [6.07, 6.45) is 1.85. The first-order chi connectivity index (χ1) is 8.11. The van der Waals surface area contributed by atoms with Gasteiger partial charge in [0.15, 0.2) is 5.78 Å². The average Bonchev–Trinajstić information content (AvgIpc) is 2.68. The Morgan fingerprint density at radius 1 is 1.18 bits per heavy atom. The van der Waals surface area contributed by atoms with Gasteiger partial charge in [-0.15, -0.1) is 0 Å². The lowest BCUT2D eigenvalue weighted by Gasteiger charge is -2.42. The predicted molar refractivity (Wildman–Crippen MR) is 57.9 cm³/mol. The normalized spacial score (nSPS) is 45.2. The minimum atomic E-state index is -0.592. The molecule has 4 nitrogen and oxygen atoms in total. The van der Waals surface area contributed by atoms with Crippen LogP contribution in [0, 0.1) is 29.6 Å². The molecular formula is C13H16O4. The van der Waals surface area contributed by atoms with Crippen molar-refractivity contribution in [3.63, 3.8) is 0 Å². The molecule has 0 radical (unpaired) electrons. The van der Waals surface area contributed by atoms with Gasteiger partial charge in [-0.1, -0.05) is 6.92 Å². The fourth-order valence-electron chi connectivity index (χ4n) is 3.96. The van der Waals surface area contributed by atoms with Crippen molar-refractivity contribution in [3.8, 4) is 0 Å². The number of Topliss-reactive ketones (excluding diaryl/α,β-unsaturated/α-hetero) is 2. The zero-order valence-electron chi connectivity index (χ0n) is 9.85. The molecule has 0 amide bonds. The number of hydrogen-bond donors (Lipinski definition) is 0. The van der Waals surface area contributed by atoms with Gasteiger partial charge in [0.1, 0.15) is 11.7 Å². The molecule has 0 spiro atoms. The highest BCUT2D eigenvalue weighted by Crippen LogP contribution is 2.49. The number of esters is 1. The third kappa shape index (κ3) is 1.39. The van der Waals surface area contributed by atoms with E-state index in [0.29, 0.717) is 19.4 Å². The second kappa shape index (κ2) is 3.65. The van der Waals surface area contributed by atoms with E-state index < -0.39 is 5.92 Å². The molecule has 0 aromatic heterocycles. The van der Waals surface area contributed by atoms with Gasteiger partial charge >= 0.3 is 5.97 Å². The maximum absolute atomic E-state index is 12.3. The zero-order valence-corrected chi connectivity index (χ0v) is 9.85. The maximum Gasteiger partial charge on any atom is 0.316 e. The van der Waals surface area contributed by atoms with Crippen molar-refractivity contribution in [3.05, 3.63) is 0 Å². The van der Waals surface area contributed by atoms with Gasteiger partial charge in [0.25, 0.3) is 0 Å². The van der Waals surface area contributed by atoms with Gasteiger partial charge in [-0.3, -0.25) is 14.4 Å². The molecule has 2 saturated carbocycles. The Bertz CT molecular complexity index is 400. The van der Waals surface area contributed by atoms with E-state index in [2.05, 4.69) is 0 Å². The van der Waals surface area contributed by atoms with E-state index in [1.54, 1.807) is 0 Å². The first-order valence-corrected chi connectivity index (χ1v) is 6.34. The Kier molecular flexibility index (Phi) is 2.35. The highest BCUT2D eigenvalue weighted by Gasteiger charge is 2.56. The minimum absolute atomic E-state index is 0.0204. The minimum Gasteiger partial charge on any atom is -0.465 e. The molecule has 4 heteroatoms. The zero-order chi connectivity index (χ0) is 12.2. The molecule has 1 heterocycles. The molecule has 0 aromatic rings. The summed E-state index contributed by atoms with van der Waals surface area (Å²) in [5.41, 5.74) is 0. The Balaban J connectivity index is 1.98. The fourth-order valence-corrected chi connectivity index (χ4v) is 3.96. The summed E-state index contributed by atoms with van der Waals surface area (Å²) in [6, 6.07) is 0. The lowest BCUT2D eigenvalue weighted by Crippen LogP contribution is -2.51. The highest BCUT2D eigenvalue weighted by molar-refractivity contribution is 6.05. The molecule has 3 aliphatic rings. The van der Waals surface area contributed by atoms with Crippen LogP contribution in [-0.2, 0) is 19.1 Å². The van der Waals surface area contributed by atoms with Crippen molar-refractivity contribution in [1.29, 1.82) is 0 Å². The Labute approximate surface area is 99.7 Å². The van der Waals surface area contributed by atoms with Crippen molar-refractivity contribution < 1.29 is 19.1 Å². The van der Waals surface area contributed by atoms with Crippen molar-refractivity contribution >= 4 is 17.5 Å². The van der Waals surface area contributed by atoms with Crippen LogP contribution in [0.15, 0.2) is 0 Å². The molecule has 17 heavy (non-hydrogen) atoms. The van der Waals surface area contributed by atoms with Gasteiger partial charge in [-0.2, -0.15) is 0 Å². The number of cyclic esters (lactones) is 1. The van der Waals surface area contributed by atoms with Crippen LogP contribution in [0.25, 0.3) is 0 Å². The predicted octanol–water partition coefficient (Wildman–Crippen LogP) is 0.980. The first-order valence-electron chi connectivity index (χ1n) is 6.34. The largest absolute Gasteiger partial charge is 0.465 e. The fraction of sp³-hybridized carbons (Fsp3) is 0.769. The summed E-state index contributed by atoms with van der Waals surface area (Å²) in [4.78, 5) is 35.9. The van der Waals surface area contributed by atoms with E-state index in [0.717, 1.165) is 6.42 Å². The molecule has 5 atom stereocenters. The molecule has 2 aliphatic carbocycles. The molecule has 0 aromatic carbocycles. The lowest BCUT2D eigenvalue weighted by atomic mass is 9.61. The number of carbonyl (C=O) groups is 3. The highest BCUT2D eigenvalue weighted by atomic mass is 16.5. The third-order valence-electron chi connectivity index (χ3n) is 4.80. The number of ketones is 2. The molecular weight excluding hydrogens is 220 g/mol.